The Morgan fingerprint density at radius 3 is 2.50 bits per heavy atom. The maximum atomic E-state index is 13.4. The molecule has 0 amide bonds. The van der Waals surface area contributed by atoms with Crippen LogP contribution in [0, 0.1) is 5.82 Å². The van der Waals surface area contributed by atoms with Crippen LogP contribution in [0.5, 0.6) is 0 Å². The SMILES string of the molecule is CC(C)(C(N)=NO)c1ccccc1F. The molecule has 0 saturated carbocycles. The van der Waals surface area contributed by atoms with Gasteiger partial charge in [-0.15, -0.1) is 0 Å². The Hall–Kier alpha value is -1.58. The molecule has 3 nitrogen and oxygen atoms in total. The lowest BCUT2D eigenvalue weighted by Gasteiger charge is -2.23. The van der Waals surface area contributed by atoms with Crippen molar-refractivity contribution in [2.75, 3.05) is 0 Å². The van der Waals surface area contributed by atoms with Crippen LogP contribution < -0.4 is 5.73 Å². The zero-order chi connectivity index (χ0) is 10.8. The molecular formula is C10H13FN2O. The standard InChI is InChI=1S/C10H13FN2O/c1-10(2,9(12)13-14)7-5-3-4-6-8(7)11/h3-6,14H,1-2H3,(H2,12,13). The van der Waals surface area contributed by atoms with Crippen molar-refractivity contribution in [3.05, 3.63) is 35.6 Å². The molecule has 14 heavy (non-hydrogen) atoms. The highest BCUT2D eigenvalue weighted by atomic mass is 19.1. The number of oxime groups is 1. The number of hydrogen-bond acceptors (Lipinski definition) is 2. The molecule has 1 aromatic rings. The van der Waals surface area contributed by atoms with Crippen LogP contribution in [0.1, 0.15) is 19.4 Å². The Kier molecular flexibility index (Phi) is 2.74. The van der Waals surface area contributed by atoms with Crippen LogP contribution in [0.25, 0.3) is 0 Å². The summed E-state index contributed by atoms with van der Waals surface area (Å²) in [6, 6.07) is 6.28. The molecule has 1 rings (SSSR count). The van der Waals surface area contributed by atoms with Gasteiger partial charge in [-0.05, 0) is 19.9 Å². The second kappa shape index (κ2) is 3.65. The summed E-state index contributed by atoms with van der Waals surface area (Å²) in [6.07, 6.45) is 0. The molecule has 0 aromatic heterocycles. The molecule has 0 fully saturated rings. The lowest BCUT2D eigenvalue weighted by Crippen LogP contribution is -2.36. The molecule has 3 N–H and O–H groups in total. The fourth-order valence-corrected chi connectivity index (χ4v) is 1.23. The molecule has 0 saturated heterocycles. The van der Waals surface area contributed by atoms with E-state index in [4.69, 9.17) is 10.9 Å². The molecule has 4 heteroatoms. The maximum absolute atomic E-state index is 13.4. The number of amidine groups is 1. The predicted molar refractivity (Wildman–Crippen MR) is 52.8 cm³/mol. The average Bonchev–Trinajstić information content (AvgIpc) is 2.17. The van der Waals surface area contributed by atoms with Crippen LogP contribution in [0.4, 0.5) is 4.39 Å². The van der Waals surface area contributed by atoms with E-state index in [1.165, 1.54) is 6.07 Å². The van der Waals surface area contributed by atoms with Crippen molar-refractivity contribution < 1.29 is 9.60 Å². The molecular weight excluding hydrogens is 183 g/mol. The Morgan fingerprint density at radius 2 is 2.00 bits per heavy atom. The highest BCUT2D eigenvalue weighted by Gasteiger charge is 2.28. The first-order valence-electron chi connectivity index (χ1n) is 4.23. The van der Waals surface area contributed by atoms with Gasteiger partial charge < -0.3 is 10.9 Å². The van der Waals surface area contributed by atoms with Gasteiger partial charge in [-0.3, -0.25) is 0 Å². The second-order valence-electron chi connectivity index (χ2n) is 3.59. The molecule has 0 aliphatic carbocycles. The highest BCUT2D eigenvalue weighted by Crippen LogP contribution is 2.25. The largest absolute Gasteiger partial charge is 0.409 e. The summed E-state index contributed by atoms with van der Waals surface area (Å²) >= 11 is 0. The summed E-state index contributed by atoms with van der Waals surface area (Å²) in [6.45, 7) is 3.39. The molecule has 0 heterocycles. The van der Waals surface area contributed by atoms with E-state index in [1.54, 1.807) is 32.0 Å². The van der Waals surface area contributed by atoms with Gasteiger partial charge in [-0.25, -0.2) is 4.39 Å². The summed E-state index contributed by atoms with van der Waals surface area (Å²) in [4.78, 5) is 0. The summed E-state index contributed by atoms with van der Waals surface area (Å²) in [5, 5.41) is 11.5. The van der Waals surface area contributed by atoms with Crippen LogP contribution in [0.2, 0.25) is 0 Å². The van der Waals surface area contributed by atoms with E-state index in [0.29, 0.717) is 5.56 Å². The van der Waals surface area contributed by atoms with Gasteiger partial charge >= 0.3 is 0 Å². The van der Waals surface area contributed by atoms with Crippen LogP contribution in [0.15, 0.2) is 29.4 Å². The number of benzene rings is 1. The number of nitrogens with zero attached hydrogens (tertiary/aromatic N) is 1. The van der Waals surface area contributed by atoms with E-state index in [0.717, 1.165) is 0 Å². The van der Waals surface area contributed by atoms with Gasteiger partial charge in [-0.2, -0.15) is 0 Å². The third-order valence-corrected chi connectivity index (χ3v) is 2.30. The van der Waals surface area contributed by atoms with Gasteiger partial charge in [0.2, 0.25) is 0 Å². The van der Waals surface area contributed by atoms with Crippen molar-refractivity contribution in [1.29, 1.82) is 0 Å². The number of hydrogen-bond donors (Lipinski definition) is 2. The van der Waals surface area contributed by atoms with E-state index in [-0.39, 0.29) is 11.7 Å². The topological polar surface area (TPSA) is 58.6 Å². The normalized spacial score (nSPS) is 12.9. The summed E-state index contributed by atoms with van der Waals surface area (Å²) in [7, 11) is 0. The fourth-order valence-electron chi connectivity index (χ4n) is 1.23. The zero-order valence-electron chi connectivity index (χ0n) is 8.16. The van der Waals surface area contributed by atoms with Crippen molar-refractivity contribution in [2.24, 2.45) is 10.9 Å². The van der Waals surface area contributed by atoms with Crippen molar-refractivity contribution in [3.63, 3.8) is 0 Å². The minimum absolute atomic E-state index is 0.0115. The third kappa shape index (κ3) is 1.69. The molecule has 0 aliphatic heterocycles. The first-order chi connectivity index (χ1) is 6.50. The van der Waals surface area contributed by atoms with Crippen molar-refractivity contribution in [2.45, 2.75) is 19.3 Å². The quantitative estimate of drug-likeness (QED) is 0.328. The third-order valence-electron chi connectivity index (χ3n) is 2.30. The Bertz CT molecular complexity index is 361. The Morgan fingerprint density at radius 1 is 1.43 bits per heavy atom. The first kappa shape index (κ1) is 10.5. The smallest absolute Gasteiger partial charge is 0.149 e. The Labute approximate surface area is 82.0 Å². The van der Waals surface area contributed by atoms with E-state index in [2.05, 4.69) is 5.16 Å². The molecule has 0 atom stereocenters. The highest BCUT2D eigenvalue weighted by molar-refractivity contribution is 5.90. The second-order valence-corrected chi connectivity index (χ2v) is 3.59. The van der Waals surface area contributed by atoms with E-state index in [9.17, 15) is 4.39 Å². The van der Waals surface area contributed by atoms with Gasteiger partial charge in [0, 0.05) is 5.56 Å². The number of nitrogens with two attached hydrogens (primary N) is 1. The van der Waals surface area contributed by atoms with Gasteiger partial charge in [0.25, 0.3) is 0 Å². The minimum Gasteiger partial charge on any atom is -0.409 e. The minimum atomic E-state index is -0.805. The van der Waals surface area contributed by atoms with Crippen LogP contribution in [0.3, 0.4) is 0 Å². The molecule has 0 unspecified atom stereocenters. The van der Waals surface area contributed by atoms with Gasteiger partial charge in [0.15, 0.2) is 0 Å². The van der Waals surface area contributed by atoms with Gasteiger partial charge in [-0.1, -0.05) is 23.4 Å². The van der Waals surface area contributed by atoms with Crippen molar-refractivity contribution in [3.8, 4) is 0 Å². The summed E-state index contributed by atoms with van der Waals surface area (Å²) in [5.74, 6) is -0.369. The fraction of sp³-hybridized carbons (Fsp3) is 0.300. The zero-order valence-corrected chi connectivity index (χ0v) is 8.16. The van der Waals surface area contributed by atoms with E-state index >= 15 is 0 Å². The molecule has 0 aliphatic rings. The first-order valence-corrected chi connectivity index (χ1v) is 4.23. The van der Waals surface area contributed by atoms with Crippen LogP contribution in [-0.4, -0.2) is 11.0 Å². The van der Waals surface area contributed by atoms with Crippen molar-refractivity contribution >= 4 is 5.84 Å². The molecule has 0 radical (unpaired) electrons. The van der Waals surface area contributed by atoms with E-state index < -0.39 is 5.41 Å². The maximum Gasteiger partial charge on any atom is 0.149 e. The van der Waals surface area contributed by atoms with Crippen molar-refractivity contribution in [1.82, 2.24) is 0 Å². The lowest BCUT2D eigenvalue weighted by atomic mass is 9.83. The molecule has 1 aromatic carbocycles. The van der Waals surface area contributed by atoms with Gasteiger partial charge in [0.05, 0.1) is 5.41 Å². The summed E-state index contributed by atoms with van der Waals surface area (Å²) in [5.41, 5.74) is 5.09. The van der Waals surface area contributed by atoms with Crippen LogP contribution >= 0.6 is 0 Å². The molecule has 76 valence electrons. The number of halogens is 1. The average molecular weight is 196 g/mol. The molecule has 0 spiro atoms. The number of rotatable bonds is 2. The Balaban J connectivity index is 3.23. The van der Waals surface area contributed by atoms with Crippen LogP contribution in [-0.2, 0) is 5.41 Å². The van der Waals surface area contributed by atoms with Gasteiger partial charge in [0.1, 0.15) is 11.7 Å². The predicted octanol–water partition coefficient (Wildman–Crippen LogP) is 1.85. The lowest BCUT2D eigenvalue weighted by molar-refractivity contribution is 0.313. The summed E-state index contributed by atoms with van der Waals surface area (Å²) < 4.78 is 13.4. The molecule has 0 bridgehead atoms. The monoisotopic (exact) mass is 196 g/mol. The van der Waals surface area contributed by atoms with E-state index in [1.807, 2.05) is 0 Å².